The summed E-state index contributed by atoms with van der Waals surface area (Å²) in [7, 11) is 0. The zero-order valence-corrected chi connectivity index (χ0v) is 45.8. The second kappa shape index (κ2) is 15.7. The van der Waals surface area contributed by atoms with E-state index in [4.69, 9.17) is 4.42 Å². The molecule has 3 aliphatic heterocycles. The summed E-state index contributed by atoms with van der Waals surface area (Å²) in [5.41, 5.74) is 30.6. The van der Waals surface area contributed by atoms with Crippen LogP contribution >= 0.6 is 0 Å². The van der Waals surface area contributed by atoms with Gasteiger partial charge >= 0.3 is 6.85 Å². The first-order chi connectivity index (χ1) is 37.7. The van der Waals surface area contributed by atoms with Gasteiger partial charge in [-0.3, -0.25) is 0 Å². The van der Waals surface area contributed by atoms with Crippen LogP contribution in [0.3, 0.4) is 0 Å². The first kappa shape index (κ1) is 45.8. The monoisotopic (exact) mass is 1000 g/mol. The molecule has 0 atom stereocenters. The van der Waals surface area contributed by atoms with Crippen molar-refractivity contribution in [1.82, 2.24) is 0 Å². The van der Waals surface area contributed by atoms with Crippen LogP contribution in [0.5, 0.6) is 0 Å². The van der Waals surface area contributed by atoms with E-state index in [1.54, 1.807) is 0 Å². The molecule has 0 N–H and O–H groups in total. The Hall–Kier alpha value is -8.34. The fraction of sp³-hybridized carbons (Fsp3) is 0.189. The van der Waals surface area contributed by atoms with Gasteiger partial charge in [-0.2, -0.15) is 0 Å². The lowest BCUT2D eigenvalue weighted by molar-refractivity contribution is 0.332. The standard InChI is InChI=1S/C74H61BN2O/c1-44-21-12-13-24-48(44)46-37-55-51-27-20-31-59-70(51)77(64-32-19-18-30-58(64)74(59)56-28-16-14-25-49(56)50-26-15-17-29-57(50)74)75-62-43-68-54(53-40-60-61(42-67(53)78-68)73(7,8)36-35-72(60,5)6)41-65(62)76(66(38-46)69(55)75)63-34-33-47(71(2,3)4)39-52(63)45-22-10-9-11-23-45/h9-34,37-43H,35-36H2,1-8H3. The Labute approximate surface area is 458 Å². The number of anilines is 5. The van der Waals surface area contributed by atoms with Crippen LogP contribution < -0.4 is 20.6 Å². The highest BCUT2D eigenvalue weighted by molar-refractivity contribution is 6.94. The summed E-state index contributed by atoms with van der Waals surface area (Å²) < 4.78 is 7.32. The minimum Gasteiger partial charge on any atom is -0.456 e. The lowest BCUT2D eigenvalue weighted by Gasteiger charge is -2.52. The Morgan fingerprint density at radius 3 is 1.76 bits per heavy atom. The third-order valence-corrected chi connectivity index (χ3v) is 19.2. The van der Waals surface area contributed by atoms with Crippen molar-refractivity contribution in [3.63, 3.8) is 0 Å². The summed E-state index contributed by atoms with van der Waals surface area (Å²) in [5, 5.41) is 2.33. The molecule has 0 unspecified atom stereocenters. The molecule has 0 saturated carbocycles. The van der Waals surface area contributed by atoms with Crippen LogP contribution in [0.25, 0.3) is 66.4 Å². The van der Waals surface area contributed by atoms with Crippen molar-refractivity contribution < 1.29 is 4.42 Å². The molecule has 4 heterocycles. The average Bonchev–Trinajstić information content (AvgIpc) is 2.87. The van der Waals surface area contributed by atoms with Crippen molar-refractivity contribution in [2.45, 2.75) is 89.9 Å². The fourth-order valence-electron chi connectivity index (χ4n) is 15.2. The van der Waals surface area contributed by atoms with Crippen LogP contribution in [0.15, 0.2) is 205 Å². The molecule has 3 nitrogen and oxygen atoms in total. The van der Waals surface area contributed by atoms with E-state index in [2.05, 4.69) is 265 Å². The molecular formula is C74H61BN2O. The number of hydrogen-bond donors (Lipinski definition) is 0. The zero-order valence-electron chi connectivity index (χ0n) is 45.8. The largest absolute Gasteiger partial charge is 0.456 e. The van der Waals surface area contributed by atoms with Gasteiger partial charge in [0.15, 0.2) is 0 Å². The van der Waals surface area contributed by atoms with E-state index in [1.807, 2.05) is 0 Å². The summed E-state index contributed by atoms with van der Waals surface area (Å²) in [4.78, 5) is 5.41. The summed E-state index contributed by atoms with van der Waals surface area (Å²) >= 11 is 0. The van der Waals surface area contributed by atoms with Crippen molar-refractivity contribution in [3.05, 3.63) is 245 Å². The van der Waals surface area contributed by atoms with Gasteiger partial charge in [-0.05, 0) is 179 Å². The van der Waals surface area contributed by atoms with Crippen molar-refractivity contribution in [2.24, 2.45) is 0 Å². The summed E-state index contributed by atoms with van der Waals surface area (Å²) in [6.45, 7) is 18.7. The molecule has 0 radical (unpaired) electrons. The van der Waals surface area contributed by atoms with Crippen LogP contribution in [0.4, 0.5) is 28.4 Å². The molecule has 16 rings (SSSR count). The third-order valence-electron chi connectivity index (χ3n) is 19.2. The molecule has 1 spiro atoms. The Bertz CT molecular complexity index is 4370. The molecule has 376 valence electrons. The summed E-state index contributed by atoms with van der Waals surface area (Å²) in [6, 6.07) is 77.2. The van der Waals surface area contributed by atoms with E-state index in [1.165, 1.54) is 128 Å². The predicted molar refractivity (Wildman–Crippen MR) is 328 cm³/mol. The summed E-state index contributed by atoms with van der Waals surface area (Å²) in [6.07, 6.45) is 2.29. The molecule has 10 aromatic carbocycles. The normalized spacial score (nSPS) is 16.3. The molecule has 2 aliphatic carbocycles. The smallest absolute Gasteiger partial charge is 0.333 e. The maximum absolute atomic E-state index is 7.32. The maximum Gasteiger partial charge on any atom is 0.333 e. The van der Waals surface area contributed by atoms with Crippen molar-refractivity contribution in [3.8, 4) is 44.5 Å². The number of fused-ring (bicyclic) bond motifs is 17. The number of hydrogen-bond acceptors (Lipinski definition) is 3. The van der Waals surface area contributed by atoms with Gasteiger partial charge in [-0.15, -0.1) is 0 Å². The molecule has 4 heteroatoms. The molecule has 0 bridgehead atoms. The number of furan rings is 1. The highest BCUT2D eigenvalue weighted by Crippen LogP contribution is 2.65. The van der Waals surface area contributed by atoms with Crippen LogP contribution in [0, 0.1) is 6.92 Å². The zero-order chi connectivity index (χ0) is 52.8. The van der Waals surface area contributed by atoms with Crippen molar-refractivity contribution in [1.29, 1.82) is 0 Å². The average molecular weight is 1010 g/mol. The minimum atomic E-state index is -0.550. The number of aryl methyl sites for hydroxylation is 1. The molecule has 11 aromatic rings. The number of benzene rings is 10. The van der Waals surface area contributed by atoms with Gasteiger partial charge in [0.1, 0.15) is 11.2 Å². The van der Waals surface area contributed by atoms with Crippen LogP contribution in [-0.2, 0) is 21.7 Å². The minimum absolute atomic E-state index is 0.0378. The molecule has 1 aromatic heterocycles. The van der Waals surface area contributed by atoms with E-state index in [0.717, 1.165) is 35.1 Å². The van der Waals surface area contributed by atoms with Gasteiger partial charge in [-0.25, -0.2) is 0 Å². The molecular weight excluding hydrogens is 944 g/mol. The topological polar surface area (TPSA) is 19.6 Å². The van der Waals surface area contributed by atoms with Crippen LogP contribution in [0.1, 0.15) is 106 Å². The first-order valence-corrected chi connectivity index (χ1v) is 28.2. The quantitative estimate of drug-likeness (QED) is 0.164. The van der Waals surface area contributed by atoms with E-state index < -0.39 is 5.41 Å². The lowest BCUT2D eigenvalue weighted by Crippen LogP contribution is -2.63. The van der Waals surface area contributed by atoms with E-state index in [9.17, 15) is 0 Å². The Kier molecular flexibility index (Phi) is 9.20. The highest BCUT2D eigenvalue weighted by Gasteiger charge is 2.56. The SMILES string of the molecule is Cc1ccccc1-c1cc2c3c(c1)N(c1ccc(C(C)(C)C)cc1-c1ccccc1)c1cc4c(cc1B3N1c3ccccc3C3(c5ccccc5-c5ccccc53)c3cccc-2c31)oc1cc2c(cc14)C(C)(C)CCC2(C)C. The van der Waals surface area contributed by atoms with Gasteiger partial charge in [0.2, 0.25) is 0 Å². The van der Waals surface area contributed by atoms with E-state index >= 15 is 0 Å². The van der Waals surface area contributed by atoms with Gasteiger partial charge < -0.3 is 14.1 Å². The Morgan fingerprint density at radius 1 is 0.436 bits per heavy atom. The van der Waals surface area contributed by atoms with Gasteiger partial charge in [-0.1, -0.05) is 194 Å². The molecule has 0 fully saturated rings. The number of nitrogens with zero attached hydrogens (tertiary/aromatic N) is 2. The molecule has 0 saturated heterocycles. The number of rotatable bonds is 3. The molecule has 5 aliphatic rings. The molecule has 0 amide bonds. The lowest BCUT2D eigenvalue weighted by atomic mass is 9.42. The first-order valence-electron chi connectivity index (χ1n) is 28.2. The van der Waals surface area contributed by atoms with Gasteiger partial charge in [0.05, 0.1) is 11.1 Å². The van der Waals surface area contributed by atoms with E-state index in [-0.39, 0.29) is 23.1 Å². The van der Waals surface area contributed by atoms with Gasteiger partial charge in [0.25, 0.3) is 0 Å². The van der Waals surface area contributed by atoms with Gasteiger partial charge in [0, 0.05) is 44.6 Å². The Balaban J connectivity index is 1.08. The fourth-order valence-corrected chi connectivity index (χ4v) is 15.2. The Morgan fingerprint density at radius 2 is 1.04 bits per heavy atom. The third kappa shape index (κ3) is 6.01. The maximum atomic E-state index is 7.32. The van der Waals surface area contributed by atoms with Crippen LogP contribution in [-0.4, -0.2) is 6.85 Å². The highest BCUT2D eigenvalue weighted by atomic mass is 16.3. The van der Waals surface area contributed by atoms with Crippen LogP contribution in [0.2, 0.25) is 0 Å². The van der Waals surface area contributed by atoms with Crippen molar-refractivity contribution in [2.75, 3.05) is 9.71 Å². The predicted octanol–water partition coefficient (Wildman–Crippen LogP) is 18.3. The summed E-state index contributed by atoms with van der Waals surface area (Å²) in [5.74, 6) is 0. The van der Waals surface area contributed by atoms with E-state index in [0.29, 0.717) is 0 Å². The van der Waals surface area contributed by atoms with Crippen molar-refractivity contribution >= 4 is 68.1 Å². The second-order valence-corrected chi connectivity index (χ2v) is 25.5. The number of para-hydroxylation sites is 2. The second-order valence-electron chi connectivity index (χ2n) is 25.5. The molecule has 78 heavy (non-hydrogen) atoms.